The van der Waals surface area contributed by atoms with Crippen LogP contribution in [0, 0.1) is 12.7 Å². The van der Waals surface area contributed by atoms with Crippen molar-refractivity contribution < 1.29 is 4.39 Å². The predicted octanol–water partition coefficient (Wildman–Crippen LogP) is 4.81. The molecule has 1 atom stereocenters. The number of hydrogen-bond donors (Lipinski definition) is 1. The van der Waals surface area contributed by atoms with Gasteiger partial charge in [0.25, 0.3) is 0 Å². The van der Waals surface area contributed by atoms with Crippen LogP contribution in [0.25, 0.3) is 0 Å². The highest BCUT2D eigenvalue weighted by atomic mass is 19.1. The summed E-state index contributed by atoms with van der Waals surface area (Å²) in [4.78, 5) is 0. The smallest absolute Gasteiger partial charge is 0.123 e. The average molecular weight is 285 g/mol. The van der Waals surface area contributed by atoms with Crippen molar-refractivity contribution in [3.05, 3.63) is 71.0 Å². The molecule has 0 amide bonds. The van der Waals surface area contributed by atoms with E-state index in [0.717, 1.165) is 31.4 Å². The number of benzene rings is 2. The van der Waals surface area contributed by atoms with Crippen molar-refractivity contribution in [1.82, 2.24) is 5.32 Å². The van der Waals surface area contributed by atoms with Crippen LogP contribution in [0.4, 0.5) is 4.39 Å². The van der Waals surface area contributed by atoms with Gasteiger partial charge in [0.15, 0.2) is 0 Å². The molecule has 112 valence electrons. The molecule has 2 aromatic rings. The van der Waals surface area contributed by atoms with Crippen LogP contribution in [0.1, 0.15) is 42.5 Å². The minimum atomic E-state index is -0.153. The minimum absolute atomic E-state index is 0.153. The molecular formula is C19H24FN. The molecule has 2 aromatic carbocycles. The lowest BCUT2D eigenvalue weighted by Crippen LogP contribution is -2.22. The second-order valence-electron chi connectivity index (χ2n) is 5.53. The Balaban J connectivity index is 2.05. The van der Waals surface area contributed by atoms with Crippen LogP contribution < -0.4 is 5.32 Å². The lowest BCUT2D eigenvalue weighted by Gasteiger charge is -2.19. The number of nitrogens with one attached hydrogen (secondary N) is 1. The molecule has 2 rings (SSSR count). The maximum Gasteiger partial charge on any atom is 0.123 e. The lowest BCUT2D eigenvalue weighted by molar-refractivity contribution is 0.498. The zero-order valence-corrected chi connectivity index (χ0v) is 12.9. The summed E-state index contributed by atoms with van der Waals surface area (Å²) in [5, 5.41) is 3.61. The van der Waals surface area contributed by atoms with Crippen molar-refractivity contribution in [3.8, 4) is 0 Å². The Kier molecular flexibility index (Phi) is 5.94. The van der Waals surface area contributed by atoms with Gasteiger partial charge >= 0.3 is 0 Å². The van der Waals surface area contributed by atoms with Crippen molar-refractivity contribution in [2.24, 2.45) is 0 Å². The molecule has 0 aromatic heterocycles. The molecule has 21 heavy (non-hydrogen) atoms. The van der Waals surface area contributed by atoms with Gasteiger partial charge in [0, 0.05) is 6.04 Å². The van der Waals surface area contributed by atoms with E-state index >= 15 is 0 Å². The van der Waals surface area contributed by atoms with Crippen LogP contribution in [-0.2, 0) is 6.42 Å². The number of rotatable bonds is 7. The average Bonchev–Trinajstić information content (AvgIpc) is 2.50. The zero-order valence-electron chi connectivity index (χ0n) is 12.9. The van der Waals surface area contributed by atoms with Crippen LogP contribution >= 0.6 is 0 Å². The molecule has 0 saturated carbocycles. The molecular weight excluding hydrogens is 261 g/mol. The first kappa shape index (κ1) is 15.7. The summed E-state index contributed by atoms with van der Waals surface area (Å²) < 4.78 is 13.2. The fraction of sp³-hybridized carbons (Fsp3) is 0.368. The molecule has 0 aliphatic heterocycles. The molecule has 0 spiro atoms. The Bertz CT molecular complexity index is 551. The van der Waals surface area contributed by atoms with Crippen LogP contribution in [0.2, 0.25) is 0 Å². The molecule has 0 bridgehead atoms. The van der Waals surface area contributed by atoms with E-state index in [0.29, 0.717) is 6.04 Å². The maximum absolute atomic E-state index is 13.2. The van der Waals surface area contributed by atoms with Gasteiger partial charge in [-0.25, -0.2) is 4.39 Å². The molecule has 1 N–H and O–H groups in total. The monoisotopic (exact) mass is 285 g/mol. The van der Waals surface area contributed by atoms with E-state index in [1.807, 2.05) is 19.1 Å². The summed E-state index contributed by atoms with van der Waals surface area (Å²) in [5.41, 5.74) is 3.60. The number of hydrogen-bond acceptors (Lipinski definition) is 1. The third-order valence-corrected chi connectivity index (χ3v) is 3.85. The van der Waals surface area contributed by atoms with Gasteiger partial charge < -0.3 is 5.32 Å². The second kappa shape index (κ2) is 7.94. The van der Waals surface area contributed by atoms with Gasteiger partial charge in [0.2, 0.25) is 0 Å². The van der Waals surface area contributed by atoms with Crippen molar-refractivity contribution in [1.29, 1.82) is 0 Å². The van der Waals surface area contributed by atoms with Gasteiger partial charge in [0.05, 0.1) is 0 Å². The molecule has 0 aliphatic rings. The summed E-state index contributed by atoms with van der Waals surface area (Å²) in [6.45, 7) is 5.18. The summed E-state index contributed by atoms with van der Waals surface area (Å²) in [6, 6.07) is 16.0. The summed E-state index contributed by atoms with van der Waals surface area (Å²) >= 11 is 0. The van der Waals surface area contributed by atoms with Crippen LogP contribution in [0.5, 0.6) is 0 Å². The summed E-state index contributed by atoms with van der Waals surface area (Å²) in [5.74, 6) is -0.153. The van der Waals surface area contributed by atoms with E-state index in [9.17, 15) is 4.39 Å². The van der Waals surface area contributed by atoms with Gasteiger partial charge in [-0.15, -0.1) is 0 Å². The van der Waals surface area contributed by atoms with Gasteiger partial charge in [-0.1, -0.05) is 43.3 Å². The van der Waals surface area contributed by atoms with Crippen LogP contribution in [-0.4, -0.2) is 6.54 Å². The molecule has 1 nitrogen and oxygen atoms in total. The predicted molar refractivity (Wildman–Crippen MR) is 86.9 cm³/mol. The van der Waals surface area contributed by atoms with E-state index in [4.69, 9.17) is 0 Å². The van der Waals surface area contributed by atoms with E-state index in [1.165, 1.54) is 11.1 Å². The SMILES string of the molecule is CCCNC(CCc1ccc(F)cc1C)c1ccccc1. The Morgan fingerprint density at radius 2 is 1.86 bits per heavy atom. The van der Waals surface area contributed by atoms with Crippen molar-refractivity contribution in [2.45, 2.75) is 39.2 Å². The first-order valence-corrected chi connectivity index (χ1v) is 7.74. The fourth-order valence-electron chi connectivity index (χ4n) is 2.63. The topological polar surface area (TPSA) is 12.0 Å². The van der Waals surface area contributed by atoms with E-state index in [1.54, 1.807) is 12.1 Å². The van der Waals surface area contributed by atoms with Gasteiger partial charge in [-0.2, -0.15) is 0 Å². The maximum atomic E-state index is 13.2. The molecule has 0 fully saturated rings. The van der Waals surface area contributed by atoms with Crippen LogP contribution in [0.15, 0.2) is 48.5 Å². The second-order valence-corrected chi connectivity index (χ2v) is 5.53. The first-order valence-electron chi connectivity index (χ1n) is 7.74. The van der Waals surface area contributed by atoms with Crippen molar-refractivity contribution in [2.75, 3.05) is 6.54 Å². The van der Waals surface area contributed by atoms with Crippen LogP contribution in [0.3, 0.4) is 0 Å². The third kappa shape index (κ3) is 4.68. The number of halogens is 1. The van der Waals surface area contributed by atoms with E-state index in [2.05, 4.69) is 36.5 Å². The van der Waals surface area contributed by atoms with Gasteiger partial charge in [0.1, 0.15) is 5.82 Å². The number of aryl methyl sites for hydroxylation is 2. The largest absolute Gasteiger partial charge is 0.310 e. The fourth-order valence-corrected chi connectivity index (χ4v) is 2.63. The molecule has 0 aliphatic carbocycles. The highest BCUT2D eigenvalue weighted by Gasteiger charge is 2.11. The highest BCUT2D eigenvalue weighted by molar-refractivity contribution is 5.27. The molecule has 1 unspecified atom stereocenters. The molecule has 2 heteroatoms. The summed E-state index contributed by atoms with van der Waals surface area (Å²) in [7, 11) is 0. The molecule has 0 radical (unpaired) electrons. The van der Waals surface area contributed by atoms with Crippen molar-refractivity contribution in [3.63, 3.8) is 0 Å². The van der Waals surface area contributed by atoms with Gasteiger partial charge in [-0.3, -0.25) is 0 Å². The Morgan fingerprint density at radius 3 is 2.52 bits per heavy atom. The Morgan fingerprint density at radius 1 is 1.10 bits per heavy atom. The van der Waals surface area contributed by atoms with Crippen molar-refractivity contribution >= 4 is 0 Å². The molecule has 0 saturated heterocycles. The minimum Gasteiger partial charge on any atom is -0.310 e. The van der Waals surface area contributed by atoms with Gasteiger partial charge in [-0.05, 0) is 61.6 Å². The lowest BCUT2D eigenvalue weighted by atomic mass is 9.96. The first-order chi connectivity index (χ1) is 10.2. The Hall–Kier alpha value is -1.67. The Labute approximate surface area is 127 Å². The highest BCUT2D eigenvalue weighted by Crippen LogP contribution is 2.21. The standard InChI is InChI=1S/C19H24FN/c1-3-13-21-19(17-7-5-4-6-8-17)12-10-16-9-11-18(20)14-15(16)2/h4-9,11,14,19,21H,3,10,12-13H2,1-2H3. The van der Waals surface area contributed by atoms with E-state index < -0.39 is 0 Å². The quantitative estimate of drug-likeness (QED) is 0.770. The summed E-state index contributed by atoms with van der Waals surface area (Å²) in [6.07, 6.45) is 3.11. The normalized spacial score (nSPS) is 12.3. The van der Waals surface area contributed by atoms with E-state index in [-0.39, 0.29) is 5.82 Å². The molecule has 0 heterocycles. The third-order valence-electron chi connectivity index (χ3n) is 3.85. The zero-order chi connectivity index (χ0) is 15.1.